The molecule has 29 heavy (non-hydrogen) atoms. The van der Waals surface area contributed by atoms with Gasteiger partial charge in [-0.3, -0.25) is 0 Å². The van der Waals surface area contributed by atoms with Gasteiger partial charge in [0.25, 0.3) is 0 Å². The Morgan fingerprint density at radius 1 is 1.03 bits per heavy atom. The van der Waals surface area contributed by atoms with Gasteiger partial charge in [-0.05, 0) is 67.7 Å². The Labute approximate surface area is 167 Å². The average Bonchev–Trinajstić information content (AvgIpc) is 3.47. The minimum absolute atomic E-state index is 0.312. The Bertz CT molecular complexity index is 1230. The van der Waals surface area contributed by atoms with Gasteiger partial charge in [0.15, 0.2) is 5.54 Å². The first-order chi connectivity index (χ1) is 14.1. The molecule has 6 nitrogen and oxygen atoms in total. The summed E-state index contributed by atoms with van der Waals surface area (Å²) in [7, 11) is 0. The normalized spacial score (nSPS) is 23.8. The number of carbonyl (C=O) groups is 1. The van der Waals surface area contributed by atoms with Crippen molar-refractivity contribution in [2.24, 2.45) is 9.98 Å². The zero-order chi connectivity index (χ0) is 19.8. The van der Waals surface area contributed by atoms with Crippen LogP contribution in [-0.4, -0.2) is 34.5 Å². The maximum Gasteiger partial charge on any atom is 0.336 e. The van der Waals surface area contributed by atoms with E-state index in [0.29, 0.717) is 13.0 Å². The number of aromatic nitrogens is 1. The van der Waals surface area contributed by atoms with E-state index in [1.54, 1.807) is 0 Å². The molecule has 4 aliphatic heterocycles. The second-order valence-electron chi connectivity index (χ2n) is 7.22. The Hall–Kier alpha value is -3.67. The SMILES string of the molecule is CCOC(=O)C12C=C3C=CC(=N3)C=c3ccc([nH]3)=CC3=NC(=CC(=CC1)N2)C=C3. The van der Waals surface area contributed by atoms with Gasteiger partial charge in [0.05, 0.1) is 29.4 Å². The van der Waals surface area contributed by atoms with Crippen LogP contribution in [0.25, 0.3) is 12.2 Å². The van der Waals surface area contributed by atoms with E-state index in [2.05, 4.69) is 20.3 Å². The number of nitrogens with zero attached hydrogens (tertiary/aromatic N) is 2. The summed E-state index contributed by atoms with van der Waals surface area (Å²) in [6.45, 7) is 2.13. The molecule has 0 saturated carbocycles. The van der Waals surface area contributed by atoms with E-state index < -0.39 is 5.54 Å². The molecule has 0 aliphatic carbocycles. The molecule has 0 radical (unpaired) electrons. The lowest BCUT2D eigenvalue weighted by atomic mass is 9.96. The number of esters is 1. The van der Waals surface area contributed by atoms with Crippen LogP contribution in [0.5, 0.6) is 0 Å². The third-order valence-electron chi connectivity index (χ3n) is 5.05. The lowest BCUT2D eigenvalue weighted by Crippen LogP contribution is -2.47. The van der Waals surface area contributed by atoms with Crippen molar-refractivity contribution in [1.29, 1.82) is 0 Å². The van der Waals surface area contributed by atoms with Crippen molar-refractivity contribution in [3.8, 4) is 0 Å². The van der Waals surface area contributed by atoms with Crippen molar-refractivity contribution < 1.29 is 9.53 Å². The summed E-state index contributed by atoms with van der Waals surface area (Å²) in [4.78, 5) is 25.5. The minimum atomic E-state index is -0.974. The lowest BCUT2D eigenvalue weighted by molar-refractivity contribution is -0.148. The van der Waals surface area contributed by atoms with Crippen LogP contribution in [0.4, 0.5) is 0 Å². The second kappa shape index (κ2) is 6.74. The number of H-pyrrole nitrogens is 1. The average molecular weight is 384 g/mol. The Morgan fingerprint density at radius 2 is 1.72 bits per heavy atom. The number of hydrogen-bond acceptors (Lipinski definition) is 5. The molecule has 5 heterocycles. The van der Waals surface area contributed by atoms with Gasteiger partial charge in [-0.2, -0.15) is 0 Å². The summed E-state index contributed by atoms with van der Waals surface area (Å²) in [5, 5.41) is 5.27. The summed E-state index contributed by atoms with van der Waals surface area (Å²) < 4.78 is 5.36. The molecule has 5 rings (SSSR count). The molecule has 1 unspecified atom stereocenters. The lowest BCUT2D eigenvalue weighted by Gasteiger charge is -2.25. The molecule has 4 aliphatic rings. The van der Waals surface area contributed by atoms with E-state index in [1.165, 1.54) is 0 Å². The predicted octanol–water partition coefficient (Wildman–Crippen LogP) is 1.56. The molecule has 6 heteroatoms. The van der Waals surface area contributed by atoms with Gasteiger partial charge in [0, 0.05) is 22.8 Å². The highest BCUT2D eigenvalue weighted by Crippen LogP contribution is 2.29. The fourth-order valence-corrected chi connectivity index (χ4v) is 3.71. The second-order valence-corrected chi connectivity index (χ2v) is 7.22. The summed E-state index contributed by atoms with van der Waals surface area (Å²) in [5.41, 5.74) is 3.11. The van der Waals surface area contributed by atoms with Crippen LogP contribution in [-0.2, 0) is 9.53 Å². The molecule has 0 spiro atoms. The van der Waals surface area contributed by atoms with E-state index in [0.717, 1.165) is 39.2 Å². The van der Waals surface area contributed by atoms with E-state index in [1.807, 2.05) is 73.7 Å². The first kappa shape index (κ1) is 17.4. The summed E-state index contributed by atoms with van der Waals surface area (Å²) in [5.74, 6) is -0.312. The number of allylic oxidation sites excluding steroid dienone is 5. The fraction of sp³-hybridized carbons (Fsp3) is 0.174. The highest BCUT2D eigenvalue weighted by Gasteiger charge is 2.41. The van der Waals surface area contributed by atoms with Crippen molar-refractivity contribution in [2.75, 3.05) is 6.61 Å². The number of hydrogen-bond donors (Lipinski definition) is 2. The van der Waals surface area contributed by atoms with E-state index in [-0.39, 0.29) is 5.97 Å². The molecule has 0 fully saturated rings. The monoisotopic (exact) mass is 384 g/mol. The molecular weight excluding hydrogens is 364 g/mol. The van der Waals surface area contributed by atoms with Crippen LogP contribution in [0, 0.1) is 0 Å². The van der Waals surface area contributed by atoms with Crippen LogP contribution in [0.15, 0.2) is 81.7 Å². The Kier molecular flexibility index (Phi) is 4.05. The number of ether oxygens (including phenoxy) is 1. The van der Waals surface area contributed by atoms with Crippen LogP contribution in [0.1, 0.15) is 13.3 Å². The van der Waals surface area contributed by atoms with Gasteiger partial charge in [-0.1, -0.05) is 6.08 Å². The zero-order valence-corrected chi connectivity index (χ0v) is 16.0. The van der Waals surface area contributed by atoms with Crippen molar-refractivity contribution in [2.45, 2.75) is 18.9 Å². The number of carbonyl (C=O) groups excluding carboxylic acids is 1. The van der Waals surface area contributed by atoms with Crippen LogP contribution < -0.4 is 16.0 Å². The fourth-order valence-electron chi connectivity index (χ4n) is 3.71. The van der Waals surface area contributed by atoms with Crippen LogP contribution in [0.3, 0.4) is 0 Å². The van der Waals surface area contributed by atoms with Gasteiger partial charge in [0.2, 0.25) is 0 Å². The number of nitrogens with one attached hydrogen (secondary N) is 2. The van der Waals surface area contributed by atoms with Crippen molar-refractivity contribution in [3.05, 3.63) is 82.5 Å². The highest BCUT2D eigenvalue weighted by atomic mass is 16.5. The Morgan fingerprint density at radius 3 is 2.45 bits per heavy atom. The van der Waals surface area contributed by atoms with Crippen LogP contribution in [0.2, 0.25) is 0 Å². The van der Waals surface area contributed by atoms with Gasteiger partial charge in [0.1, 0.15) is 0 Å². The molecular formula is C23H20N4O2. The largest absolute Gasteiger partial charge is 0.464 e. The zero-order valence-electron chi connectivity index (χ0n) is 16.0. The topological polar surface area (TPSA) is 78.8 Å². The molecule has 8 bridgehead atoms. The first-order valence-corrected chi connectivity index (χ1v) is 9.64. The number of aliphatic imine (C=N–C) groups is 2. The smallest absolute Gasteiger partial charge is 0.336 e. The summed E-state index contributed by atoms with van der Waals surface area (Å²) in [6.07, 6.45) is 18.0. The van der Waals surface area contributed by atoms with Gasteiger partial charge < -0.3 is 15.0 Å². The van der Waals surface area contributed by atoms with Crippen LogP contribution >= 0.6 is 0 Å². The number of aromatic amines is 1. The molecule has 1 atom stereocenters. The van der Waals surface area contributed by atoms with E-state index in [4.69, 9.17) is 4.74 Å². The van der Waals surface area contributed by atoms with Gasteiger partial charge in [-0.15, -0.1) is 0 Å². The maximum absolute atomic E-state index is 12.8. The summed E-state index contributed by atoms with van der Waals surface area (Å²) >= 11 is 0. The third-order valence-corrected chi connectivity index (χ3v) is 5.05. The molecule has 2 N–H and O–H groups in total. The standard InChI is InChI=1S/C23H20N4O2/c1-2-29-22(28)23-10-9-20(27-23)13-19-6-5-16(25-19)11-15-3-4-17(24-15)12-18-7-8-21(14-23)26-18/h3-9,11-14,24,27H,2,10H2,1H3. The van der Waals surface area contributed by atoms with E-state index in [9.17, 15) is 4.79 Å². The number of rotatable bonds is 2. The quantitative estimate of drug-likeness (QED) is 0.760. The van der Waals surface area contributed by atoms with Gasteiger partial charge in [-0.25, -0.2) is 14.8 Å². The molecule has 1 aromatic rings. The minimum Gasteiger partial charge on any atom is -0.464 e. The van der Waals surface area contributed by atoms with Crippen molar-refractivity contribution >= 4 is 29.5 Å². The van der Waals surface area contributed by atoms with Gasteiger partial charge >= 0.3 is 5.97 Å². The maximum atomic E-state index is 12.8. The van der Waals surface area contributed by atoms with Crippen molar-refractivity contribution in [1.82, 2.24) is 10.3 Å². The third kappa shape index (κ3) is 3.33. The number of fused-ring (bicyclic) bond motifs is 6. The first-order valence-electron chi connectivity index (χ1n) is 9.64. The molecule has 0 aromatic carbocycles. The molecule has 144 valence electrons. The molecule has 0 amide bonds. The predicted molar refractivity (Wildman–Crippen MR) is 113 cm³/mol. The van der Waals surface area contributed by atoms with E-state index >= 15 is 0 Å². The summed E-state index contributed by atoms with van der Waals surface area (Å²) in [6, 6.07) is 4.02. The molecule has 1 aromatic heterocycles. The highest BCUT2D eigenvalue weighted by molar-refractivity contribution is 6.20. The van der Waals surface area contributed by atoms with Crippen molar-refractivity contribution in [3.63, 3.8) is 0 Å². The molecule has 0 saturated heterocycles. The Balaban J connectivity index is 1.65.